The topological polar surface area (TPSA) is 63.6 Å². The minimum Gasteiger partial charge on any atom is -0.516 e. The van der Waals surface area contributed by atoms with Crippen molar-refractivity contribution in [1.82, 2.24) is 0 Å². The number of carboxylic acids is 1. The molecule has 0 amide bonds. The van der Waals surface area contributed by atoms with Gasteiger partial charge in [0, 0.05) is 12.2 Å². The maximum absolute atomic E-state index is 12.0. The second-order valence-corrected chi connectivity index (χ2v) is 11.4. The SMILES string of the molecule is CCCCCCCCCCC[Si](CCC)(CCC)OC(=O)/C=C\C(=O)O. The van der Waals surface area contributed by atoms with Gasteiger partial charge in [-0.3, -0.25) is 0 Å². The molecule has 0 heterocycles. The standard InChI is InChI=1S/C21H40O4Si/c1-4-7-8-9-10-11-12-13-14-19-26(17-5-2,18-6-3)25-21(24)16-15-20(22)23/h15-16H,4-14,17-19H2,1-3H3,(H,22,23)/b16-15-. The van der Waals surface area contributed by atoms with Gasteiger partial charge >= 0.3 is 11.9 Å². The van der Waals surface area contributed by atoms with Crippen LogP contribution in [0.1, 0.15) is 91.4 Å². The summed E-state index contributed by atoms with van der Waals surface area (Å²) in [6.45, 7) is 6.51. The number of rotatable bonds is 17. The molecule has 0 atom stereocenters. The van der Waals surface area contributed by atoms with Crippen LogP contribution in [-0.4, -0.2) is 25.4 Å². The summed E-state index contributed by atoms with van der Waals surface area (Å²) in [5.74, 6) is -1.59. The van der Waals surface area contributed by atoms with Gasteiger partial charge in [-0.1, -0.05) is 91.4 Å². The van der Waals surface area contributed by atoms with Crippen LogP contribution in [0.5, 0.6) is 0 Å². The van der Waals surface area contributed by atoms with E-state index in [-0.39, 0.29) is 0 Å². The Morgan fingerprint density at radius 1 is 0.731 bits per heavy atom. The Kier molecular flexibility index (Phi) is 15.4. The van der Waals surface area contributed by atoms with Crippen LogP contribution in [0.2, 0.25) is 18.1 Å². The van der Waals surface area contributed by atoms with E-state index < -0.39 is 20.3 Å². The van der Waals surface area contributed by atoms with Crippen LogP contribution < -0.4 is 0 Å². The van der Waals surface area contributed by atoms with Crippen LogP contribution in [0, 0.1) is 0 Å². The fourth-order valence-corrected chi connectivity index (χ4v) is 7.85. The smallest absolute Gasteiger partial charge is 0.328 e. The first-order chi connectivity index (χ1) is 12.5. The molecule has 0 aliphatic rings. The maximum atomic E-state index is 12.0. The van der Waals surface area contributed by atoms with Gasteiger partial charge in [-0.05, 0) is 18.1 Å². The van der Waals surface area contributed by atoms with Gasteiger partial charge in [-0.25, -0.2) is 9.59 Å². The number of carbonyl (C=O) groups excluding carboxylic acids is 1. The highest BCUT2D eigenvalue weighted by molar-refractivity contribution is 6.75. The Balaban J connectivity index is 4.36. The minimum absolute atomic E-state index is 0.475. The van der Waals surface area contributed by atoms with E-state index in [1.165, 1.54) is 51.4 Å². The highest BCUT2D eigenvalue weighted by atomic mass is 28.4. The van der Waals surface area contributed by atoms with Crippen LogP contribution >= 0.6 is 0 Å². The second-order valence-electron chi connectivity index (χ2n) is 7.35. The van der Waals surface area contributed by atoms with E-state index in [2.05, 4.69) is 20.8 Å². The van der Waals surface area contributed by atoms with Crippen molar-refractivity contribution in [3.8, 4) is 0 Å². The maximum Gasteiger partial charge on any atom is 0.328 e. The summed E-state index contributed by atoms with van der Waals surface area (Å²) in [5.41, 5.74) is 0. The van der Waals surface area contributed by atoms with E-state index in [9.17, 15) is 9.59 Å². The molecular formula is C21H40O4Si. The van der Waals surface area contributed by atoms with Crippen LogP contribution in [0.3, 0.4) is 0 Å². The summed E-state index contributed by atoms with van der Waals surface area (Å²) >= 11 is 0. The predicted molar refractivity (Wildman–Crippen MR) is 111 cm³/mol. The Morgan fingerprint density at radius 3 is 1.69 bits per heavy atom. The summed E-state index contributed by atoms with van der Waals surface area (Å²) < 4.78 is 5.89. The van der Waals surface area contributed by atoms with Crippen molar-refractivity contribution in [3.05, 3.63) is 12.2 Å². The number of carboxylic acid groups (broad SMARTS) is 1. The third kappa shape index (κ3) is 13.1. The van der Waals surface area contributed by atoms with Gasteiger partial charge in [0.2, 0.25) is 0 Å². The third-order valence-electron chi connectivity index (χ3n) is 4.83. The van der Waals surface area contributed by atoms with E-state index in [0.29, 0.717) is 0 Å². The summed E-state index contributed by atoms with van der Waals surface area (Å²) in [6.07, 6.45) is 15.6. The number of unbranched alkanes of at least 4 members (excludes halogenated alkanes) is 8. The Morgan fingerprint density at radius 2 is 1.23 bits per heavy atom. The fraction of sp³-hybridized carbons (Fsp3) is 0.810. The summed E-state index contributed by atoms with van der Waals surface area (Å²) in [6, 6.07) is 2.96. The molecule has 4 nitrogen and oxygen atoms in total. The zero-order valence-electron chi connectivity index (χ0n) is 17.2. The van der Waals surface area contributed by atoms with Crippen molar-refractivity contribution >= 4 is 20.3 Å². The molecule has 0 bridgehead atoms. The van der Waals surface area contributed by atoms with Gasteiger partial charge in [0.15, 0.2) is 0 Å². The summed E-state index contributed by atoms with van der Waals surface area (Å²) in [5, 5.41) is 8.68. The monoisotopic (exact) mass is 384 g/mol. The van der Waals surface area contributed by atoms with E-state index >= 15 is 0 Å². The quantitative estimate of drug-likeness (QED) is 0.177. The van der Waals surface area contributed by atoms with Gasteiger partial charge < -0.3 is 9.53 Å². The molecule has 0 aromatic rings. The van der Waals surface area contributed by atoms with Gasteiger partial charge in [-0.15, -0.1) is 0 Å². The first-order valence-electron chi connectivity index (χ1n) is 10.6. The second kappa shape index (κ2) is 16.1. The third-order valence-corrected chi connectivity index (χ3v) is 9.55. The largest absolute Gasteiger partial charge is 0.516 e. The zero-order valence-corrected chi connectivity index (χ0v) is 18.2. The molecule has 0 saturated carbocycles. The molecule has 5 heteroatoms. The van der Waals surface area contributed by atoms with Crippen LogP contribution in [0.25, 0.3) is 0 Å². The van der Waals surface area contributed by atoms with Gasteiger partial charge in [0.25, 0.3) is 8.32 Å². The molecule has 0 radical (unpaired) electrons. The predicted octanol–water partition coefficient (Wildman–Crippen LogP) is 6.47. The molecule has 152 valence electrons. The molecule has 26 heavy (non-hydrogen) atoms. The Bertz CT molecular complexity index is 401. The number of hydrogen-bond donors (Lipinski definition) is 1. The van der Waals surface area contributed by atoms with Crippen molar-refractivity contribution in [2.75, 3.05) is 0 Å². The highest BCUT2D eigenvalue weighted by Crippen LogP contribution is 2.29. The molecule has 0 aromatic carbocycles. The normalized spacial score (nSPS) is 11.8. The first-order valence-corrected chi connectivity index (χ1v) is 13.2. The zero-order chi connectivity index (χ0) is 19.7. The lowest BCUT2D eigenvalue weighted by Crippen LogP contribution is -2.39. The van der Waals surface area contributed by atoms with Crippen molar-refractivity contribution in [1.29, 1.82) is 0 Å². The minimum atomic E-state index is -2.11. The van der Waals surface area contributed by atoms with Crippen molar-refractivity contribution in [2.45, 2.75) is 110 Å². The van der Waals surface area contributed by atoms with Crippen LogP contribution in [0.15, 0.2) is 12.2 Å². The van der Waals surface area contributed by atoms with E-state index in [0.717, 1.165) is 49.5 Å². The van der Waals surface area contributed by atoms with Crippen molar-refractivity contribution in [2.24, 2.45) is 0 Å². The molecular weight excluding hydrogens is 344 g/mol. The number of hydrogen-bond acceptors (Lipinski definition) is 3. The molecule has 0 aromatic heterocycles. The molecule has 0 unspecified atom stereocenters. The van der Waals surface area contributed by atoms with E-state index in [1.54, 1.807) is 0 Å². The van der Waals surface area contributed by atoms with Gasteiger partial charge in [0.05, 0.1) is 0 Å². The molecule has 0 aliphatic heterocycles. The molecule has 0 fully saturated rings. The molecule has 0 aliphatic carbocycles. The molecule has 0 rings (SSSR count). The molecule has 0 spiro atoms. The van der Waals surface area contributed by atoms with Crippen LogP contribution in [0.4, 0.5) is 0 Å². The van der Waals surface area contributed by atoms with Gasteiger partial charge in [-0.2, -0.15) is 0 Å². The van der Waals surface area contributed by atoms with E-state index in [4.69, 9.17) is 9.53 Å². The lowest BCUT2D eigenvalue weighted by molar-refractivity contribution is -0.133. The lowest BCUT2D eigenvalue weighted by atomic mass is 10.1. The van der Waals surface area contributed by atoms with Gasteiger partial charge in [0.1, 0.15) is 0 Å². The lowest BCUT2D eigenvalue weighted by Gasteiger charge is -2.30. The highest BCUT2D eigenvalue weighted by Gasteiger charge is 2.35. The average molecular weight is 385 g/mol. The van der Waals surface area contributed by atoms with Crippen LogP contribution in [-0.2, 0) is 14.0 Å². The van der Waals surface area contributed by atoms with Crippen molar-refractivity contribution < 1.29 is 19.1 Å². The summed E-state index contributed by atoms with van der Waals surface area (Å²) in [4.78, 5) is 22.6. The van der Waals surface area contributed by atoms with E-state index in [1.807, 2.05) is 0 Å². The Hall–Kier alpha value is -1.10. The molecule has 0 saturated heterocycles. The first kappa shape index (κ1) is 24.9. The molecule has 1 N–H and O–H groups in total. The van der Waals surface area contributed by atoms with Crippen molar-refractivity contribution in [3.63, 3.8) is 0 Å². The summed E-state index contributed by atoms with van der Waals surface area (Å²) in [7, 11) is -2.11. The fourth-order valence-electron chi connectivity index (χ4n) is 3.58. The Labute approximate surface area is 161 Å². The number of aliphatic carboxylic acids is 1. The average Bonchev–Trinajstić information content (AvgIpc) is 2.59. The number of carbonyl (C=O) groups is 2.